The third kappa shape index (κ3) is 3.45. The molecule has 0 aromatic carbocycles. The first-order valence-corrected chi connectivity index (χ1v) is 8.61. The molecule has 0 amide bonds. The van der Waals surface area contributed by atoms with Gasteiger partial charge >= 0.3 is 0 Å². The van der Waals surface area contributed by atoms with E-state index in [2.05, 4.69) is 15.5 Å². The van der Waals surface area contributed by atoms with Gasteiger partial charge in [0.25, 0.3) is 0 Å². The summed E-state index contributed by atoms with van der Waals surface area (Å²) in [6.07, 6.45) is 0.728. The number of H-pyrrole nitrogens is 1. The molecule has 1 aliphatic rings. The second-order valence-corrected chi connectivity index (χ2v) is 7.63. The number of aromatic amines is 1. The van der Waals surface area contributed by atoms with Crippen molar-refractivity contribution in [1.82, 2.24) is 19.8 Å². The van der Waals surface area contributed by atoms with Gasteiger partial charge in [0.15, 0.2) is 0 Å². The fraction of sp³-hybridized carbons (Fsp3) is 0.769. The van der Waals surface area contributed by atoms with Crippen LogP contribution in [0.25, 0.3) is 0 Å². The number of sulfonamides is 1. The highest BCUT2D eigenvalue weighted by Gasteiger charge is 2.34. The van der Waals surface area contributed by atoms with E-state index in [-0.39, 0.29) is 17.0 Å². The van der Waals surface area contributed by atoms with Crippen molar-refractivity contribution in [3.63, 3.8) is 0 Å². The van der Waals surface area contributed by atoms with Crippen molar-refractivity contribution in [3.05, 3.63) is 11.4 Å². The van der Waals surface area contributed by atoms with Crippen molar-refractivity contribution >= 4 is 10.0 Å². The number of ether oxygens (including phenoxy) is 1. The topological polar surface area (TPSA) is 87.3 Å². The zero-order valence-electron chi connectivity index (χ0n) is 13.0. The van der Waals surface area contributed by atoms with Crippen LogP contribution >= 0.6 is 0 Å². The van der Waals surface area contributed by atoms with Crippen molar-refractivity contribution in [3.8, 4) is 0 Å². The molecule has 2 heterocycles. The molecule has 2 rings (SSSR count). The Morgan fingerprint density at radius 3 is 2.81 bits per heavy atom. The van der Waals surface area contributed by atoms with Gasteiger partial charge in [-0.1, -0.05) is 13.8 Å². The lowest BCUT2D eigenvalue weighted by Crippen LogP contribution is -2.38. The van der Waals surface area contributed by atoms with Crippen molar-refractivity contribution < 1.29 is 13.2 Å². The largest absolute Gasteiger partial charge is 0.380 e. The van der Waals surface area contributed by atoms with Gasteiger partial charge < -0.3 is 10.1 Å². The standard InChI is InChI=1S/C13H24N4O3S/c1-9(2)14-7-12-13(10(3)15-16-12)21(18,19)17(4)11-5-6-20-8-11/h9,11,14H,5-8H2,1-4H3,(H,15,16). The molecule has 21 heavy (non-hydrogen) atoms. The maximum atomic E-state index is 12.8. The highest BCUT2D eigenvalue weighted by atomic mass is 32.2. The molecule has 0 spiro atoms. The number of hydrogen-bond donors (Lipinski definition) is 2. The zero-order chi connectivity index (χ0) is 15.6. The first kappa shape index (κ1) is 16.4. The molecule has 8 heteroatoms. The van der Waals surface area contributed by atoms with Crippen LogP contribution in [0.4, 0.5) is 0 Å². The molecule has 1 saturated heterocycles. The van der Waals surface area contributed by atoms with E-state index in [4.69, 9.17) is 4.74 Å². The number of aromatic nitrogens is 2. The maximum Gasteiger partial charge on any atom is 0.246 e. The Morgan fingerprint density at radius 2 is 2.24 bits per heavy atom. The Hall–Kier alpha value is -0.960. The Balaban J connectivity index is 2.28. The van der Waals surface area contributed by atoms with Gasteiger partial charge in [-0.15, -0.1) is 0 Å². The van der Waals surface area contributed by atoms with E-state index >= 15 is 0 Å². The normalized spacial score (nSPS) is 19.8. The van der Waals surface area contributed by atoms with E-state index < -0.39 is 10.0 Å². The third-order valence-corrected chi connectivity index (χ3v) is 5.81. The van der Waals surface area contributed by atoms with Crippen LogP contribution in [0.5, 0.6) is 0 Å². The predicted octanol–water partition coefficient (Wildman–Crippen LogP) is 0.626. The molecule has 0 saturated carbocycles. The fourth-order valence-electron chi connectivity index (χ4n) is 2.38. The van der Waals surface area contributed by atoms with Crippen LogP contribution < -0.4 is 5.32 Å². The Bertz CT molecular complexity index is 576. The molecule has 1 aromatic rings. The average molecular weight is 316 g/mol. The number of aryl methyl sites for hydroxylation is 1. The van der Waals surface area contributed by atoms with Crippen molar-refractivity contribution in [2.24, 2.45) is 0 Å². The minimum Gasteiger partial charge on any atom is -0.380 e. The lowest BCUT2D eigenvalue weighted by molar-refractivity contribution is 0.181. The van der Waals surface area contributed by atoms with Crippen LogP contribution in [0.3, 0.4) is 0 Å². The van der Waals surface area contributed by atoms with Gasteiger partial charge in [-0.05, 0) is 13.3 Å². The molecular formula is C13H24N4O3S. The van der Waals surface area contributed by atoms with Gasteiger partial charge in [0.1, 0.15) is 4.90 Å². The van der Waals surface area contributed by atoms with Crippen LogP contribution in [0.15, 0.2) is 4.90 Å². The SMILES string of the molecule is Cc1[nH]nc(CNC(C)C)c1S(=O)(=O)N(C)C1CCOC1. The number of nitrogens with one attached hydrogen (secondary N) is 2. The average Bonchev–Trinajstić information content (AvgIpc) is 3.04. The van der Waals surface area contributed by atoms with E-state index in [1.54, 1.807) is 14.0 Å². The van der Waals surface area contributed by atoms with Gasteiger partial charge in [-0.25, -0.2) is 8.42 Å². The molecule has 2 N–H and O–H groups in total. The summed E-state index contributed by atoms with van der Waals surface area (Å²) in [7, 11) is -1.96. The lowest BCUT2D eigenvalue weighted by atomic mass is 10.3. The number of rotatable bonds is 6. The molecule has 0 bridgehead atoms. The summed E-state index contributed by atoms with van der Waals surface area (Å²) in [5.41, 5.74) is 1.10. The van der Waals surface area contributed by atoms with Crippen LogP contribution in [-0.2, 0) is 21.3 Å². The quantitative estimate of drug-likeness (QED) is 0.803. The first-order valence-electron chi connectivity index (χ1n) is 7.17. The summed E-state index contributed by atoms with van der Waals surface area (Å²) in [6, 6.07) is 0.161. The minimum absolute atomic E-state index is 0.102. The van der Waals surface area contributed by atoms with E-state index in [0.29, 0.717) is 31.1 Å². The van der Waals surface area contributed by atoms with Crippen LogP contribution in [0.1, 0.15) is 31.7 Å². The Labute approximate surface area is 126 Å². The number of nitrogens with zero attached hydrogens (tertiary/aromatic N) is 2. The van der Waals surface area contributed by atoms with Crippen LogP contribution in [0, 0.1) is 6.92 Å². The van der Waals surface area contributed by atoms with Gasteiger partial charge in [-0.2, -0.15) is 9.40 Å². The minimum atomic E-state index is -3.57. The molecule has 120 valence electrons. The number of hydrogen-bond acceptors (Lipinski definition) is 5. The van der Waals surface area contributed by atoms with Gasteiger partial charge in [0, 0.05) is 26.2 Å². The van der Waals surface area contributed by atoms with Crippen LogP contribution in [0.2, 0.25) is 0 Å². The van der Waals surface area contributed by atoms with Gasteiger partial charge in [-0.3, -0.25) is 5.10 Å². The molecule has 1 aromatic heterocycles. The summed E-state index contributed by atoms with van der Waals surface area (Å²) >= 11 is 0. The van der Waals surface area contributed by atoms with E-state index in [0.717, 1.165) is 6.42 Å². The van der Waals surface area contributed by atoms with Crippen molar-refractivity contribution in [2.45, 2.75) is 50.7 Å². The maximum absolute atomic E-state index is 12.8. The van der Waals surface area contributed by atoms with Crippen molar-refractivity contribution in [1.29, 1.82) is 0 Å². The van der Waals surface area contributed by atoms with E-state index in [1.807, 2.05) is 13.8 Å². The Morgan fingerprint density at radius 1 is 1.52 bits per heavy atom. The van der Waals surface area contributed by atoms with Gasteiger partial charge in [0.2, 0.25) is 10.0 Å². The fourth-order valence-corrected chi connectivity index (χ4v) is 4.08. The second-order valence-electron chi connectivity index (χ2n) is 5.70. The molecule has 1 unspecified atom stereocenters. The van der Waals surface area contributed by atoms with Crippen molar-refractivity contribution in [2.75, 3.05) is 20.3 Å². The van der Waals surface area contributed by atoms with E-state index in [9.17, 15) is 8.42 Å². The highest BCUT2D eigenvalue weighted by Crippen LogP contribution is 2.25. The zero-order valence-corrected chi connectivity index (χ0v) is 13.8. The van der Waals surface area contributed by atoms with Crippen LogP contribution in [-0.4, -0.2) is 55.3 Å². The van der Waals surface area contributed by atoms with E-state index in [1.165, 1.54) is 4.31 Å². The molecule has 1 aliphatic heterocycles. The number of likely N-dealkylation sites (N-methyl/N-ethyl adjacent to an activating group) is 1. The molecule has 0 radical (unpaired) electrons. The first-order chi connectivity index (χ1) is 9.84. The predicted molar refractivity (Wildman–Crippen MR) is 79.5 cm³/mol. The summed E-state index contributed by atoms with van der Waals surface area (Å²) in [5.74, 6) is 0. The molecule has 1 atom stereocenters. The molecular weight excluding hydrogens is 292 g/mol. The molecule has 0 aliphatic carbocycles. The monoisotopic (exact) mass is 316 g/mol. The van der Waals surface area contributed by atoms with Gasteiger partial charge in [0.05, 0.1) is 24.0 Å². The molecule has 7 nitrogen and oxygen atoms in total. The molecule has 1 fully saturated rings. The summed E-state index contributed by atoms with van der Waals surface area (Å²) in [4.78, 5) is 0.282. The lowest BCUT2D eigenvalue weighted by Gasteiger charge is -2.23. The second kappa shape index (κ2) is 6.43. The highest BCUT2D eigenvalue weighted by molar-refractivity contribution is 7.89. The summed E-state index contributed by atoms with van der Waals surface area (Å²) in [5, 5.41) is 10.1. The third-order valence-electron chi connectivity index (χ3n) is 3.70. The summed E-state index contributed by atoms with van der Waals surface area (Å²) in [6.45, 7) is 7.23. The smallest absolute Gasteiger partial charge is 0.246 e. The summed E-state index contributed by atoms with van der Waals surface area (Å²) < 4.78 is 32.4. The Kier molecular flexibility index (Phi) is 5.03.